The Kier molecular flexibility index (Phi) is 13.3. The summed E-state index contributed by atoms with van der Waals surface area (Å²) in [7, 11) is -3.17. The number of amides is 1. The first-order valence-electron chi connectivity index (χ1n) is 15.0. The molecular formula is C33H49N3O8S. The Labute approximate surface area is 267 Å². The topological polar surface area (TPSA) is 154 Å². The number of rotatable bonds is 17. The number of aliphatic carboxylic acids is 1. The third kappa shape index (κ3) is 10.1. The van der Waals surface area contributed by atoms with Crippen LogP contribution in [0.1, 0.15) is 59.6 Å². The number of carboxylic acid groups (broad SMARTS) is 1. The van der Waals surface area contributed by atoms with Crippen LogP contribution in [0.4, 0.5) is 0 Å². The molecule has 1 unspecified atom stereocenters. The van der Waals surface area contributed by atoms with Crippen LogP contribution in [0, 0.1) is 17.3 Å². The molecule has 11 nitrogen and oxygen atoms in total. The molecule has 0 radical (unpaired) electrons. The number of benzene rings is 2. The van der Waals surface area contributed by atoms with Crippen LogP contribution in [0.2, 0.25) is 0 Å². The maximum Gasteiger partial charge on any atom is 0.324 e. The van der Waals surface area contributed by atoms with E-state index in [0.29, 0.717) is 0 Å². The summed E-state index contributed by atoms with van der Waals surface area (Å²) < 4.78 is 34.7. The van der Waals surface area contributed by atoms with Gasteiger partial charge >= 0.3 is 11.9 Å². The predicted molar refractivity (Wildman–Crippen MR) is 172 cm³/mol. The maximum atomic E-state index is 13.7. The molecule has 0 aliphatic rings. The quantitative estimate of drug-likeness (QED) is 0.221. The highest BCUT2D eigenvalue weighted by Gasteiger charge is 2.44. The second-order valence-electron chi connectivity index (χ2n) is 12.9. The highest BCUT2D eigenvalue weighted by molar-refractivity contribution is 7.86. The van der Waals surface area contributed by atoms with Gasteiger partial charge in [0.1, 0.15) is 12.1 Å². The third-order valence-electron chi connectivity index (χ3n) is 8.25. The first kappa shape index (κ1) is 37.9. The Bertz CT molecular complexity index is 1380. The van der Waals surface area contributed by atoms with Gasteiger partial charge in [-0.1, -0.05) is 81.4 Å². The molecule has 0 aliphatic heterocycles. The number of aliphatic hydroxyl groups excluding tert-OH is 1. The molecule has 0 spiro atoms. The number of aliphatic hydroxyl groups is 1. The van der Waals surface area contributed by atoms with E-state index in [1.165, 1.54) is 20.9 Å². The average molecular weight is 648 g/mol. The number of nitrogens with one attached hydrogen (secondary N) is 1. The minimum Gasteiger partial charge on any atom is -0.480 e. The van der Waals surface area contributed by atoms with Crippen molar-refractivity contribution in [2.24, 2.45) is 17.3 Å². The molecule has 0 heterocycles. The first-order valence-corrected chi connectivity index (χ1v) is 16.4. The molecule has 1 amide bonds. The van der Waals surface area contributed by atoms with Crippen LogP contribution in [0.5, 0.6) is 0 Å². The fourth-order valence-electron chi connectivity index (χ4n) is 4.48. The molecule has 12 heteroatoms. The number of carbonyl (C=O) groups excluding carboxylic acids is 2. The summed E-state index contributed by atoms with van der Waals surface area (Å²) in [5, 5.41) is 24.0. The second kappa shape index (κ2) is 15.8. The number of hydrogen-bond acceptors (Lipinski definition) is 7. The van der Waals surface area contributed by atoms with Crippen molar-refractivity contribution in [1.29, 1.82) is 0 Å². The Hall–Kier alpha value is -3.32. The Balaban J connectivity index is 2.32. The number of hydrogen-bond donors (Lipinski definition) is 3. The van der Waals surface area contributed by atoms with E-state index in [-0.39, 0.29) is 25.5 Å². The average Bonchev–Trinajstić information content (AvgIpc) is 2.98. The van der Waals surface area contributed by atoms with Crippen LogP contribution in [-0.2, 0) is 42.4 Å². The zero-order chi connectivity index (χ0) is 34.2. The smallest absolute Gasteiger partial charge is 0.324 e. The summed E-state index contributed by atoms with van der Waals surface area (Å²) in [5.41, 5.74) is -1.38. The minimum atomic E-state index is -4.36. The fraction of sp³-hybridized carbons (Fsp3) is 0.545. The van der Waals surface area contributed by atoms with Gasteiger partial charge in [0.15, 0.2) is 0 Å². The van der Waals surface area contributed by atoms with E-state index in [4.69, 9.17) is 4.74 Å². The van der Waals surface area contributed by atoms with Crippen molar-refractivity contribution >= 4 is 28.1 Å². The van der Waals surface area contributed by atoms with Gasteiger partial charge in [-0.15, -0.1) is 0 Å². The Morgan fingerprint density at radius 2 is 1.40 bits per heavy atom. The van der Waals surface area contributed by atoms with Gasteiger partial charge < -0.3 is 20.3 Å². The number of nitrogens with zero attached hydrogens (tertiary/aromatic N) is 2. The van der Waals surface area contributed by atoms with Crippen LogP contribution in [-0.4, -0.2) is 82.9 Å². The summed E-state index contributed by atoms with van der Waals surface area (Å²) in [4.78, 5) is 38.5. The van der Waals surface area contributed by atoms with Gasteiger partial charge in [-0.2, -0.15) is 17.0 Å². The molecular weight excluding hydrogens is 598 g/mol. The molecule has 0 saturated carbocycles. The van der Waals surface area contributed by atoms with E-state index in [0.717, 1.165) is 19.7 Å². The standard InChI is InChI=1S/C33H49N3O8S/c1-23(2)20-36(45(42,43)35(8)33(6,7)30(39)40)21-28(37)27(19-25-15-11-9-12-16-25)34-29(38)24(3)32(4,5)31(41)44-22-26-17-13-10-14-18-26/h9-18,23-24,27-28,37H,19-22H2,1-8H3,(H,34,38)(H,39,40)/t24-,27?,28+/m0/s1. The fourth-order valence-corrected chi connectivity index (χ4v) is 6.30. The van der Waals surface area contributed by atoms with Crippen molar-refractivity contribution in [3.8, 4) is 0 Å². The van der Waals surface area contributed by atoms with Crippen molar-refractivity contribution in [1.82, 2.24) is 13.9 Å². The summed E-state index contributed by atoms with van der Waals surface area (Å²) in [6.45, 7) is 10.7. The molecule has 0 bridgehead atoms. The lowest BCUT2D eigenvalue weighted by molar-refractivity contribution is -0.161. The molecule has 250 valence electrons. The Morgan fingerprint density at radius 3 is 1.89 bits per heavy atom. The van der Waals surface area contributed by atoms with Gasteiger partial charge in [-0.05, 0) is 51.2 Å². The minimum absolute atomic E-state index is 0.00211. The van der Waals surface area contributed by atoms with Gasteiger partial charge in [-0.3, -0.25) is 14.4 Å². The van der Waals surface area contributed by atoms with Crippen LogP contribution in [0.3, 0.4) is 0 Å². The number of esters is 1. The molecule has 3 atom stereocenters. The van der Waals surface area contributed by atoms with E-state index in [2.05, 4.69) is 5.32 Å². The first-order chi connectivity index (χ1) is 20.8. The molecule has 2 aromatic rings. The highest BCUT2D eigenvalue weighted by Crippen LogP contribution is 2.29. The van der Waals surface area contributed by atoms with Gasteiger partial charge in [-0.25, -0.2) is 0 Å². The number of carbonyl (C=O) groups is 3. The van der Waals surface area contributed by atoms with Gasteiger partial charge in [0.25, 0.3) is 10.2 Å². The second-order valence-corrected chi connectivity index (χ2v) is 14.9. The summed E-state index contributed by atoms with van der Waals surface area (Å²) in [5.74, 6) is -3.43. The van der Waals surface area contributed by atoms with Gasteiger partial charge in [0.05, 0.1) is 23.5 Å². The predicted octanol–water partition coefficient (Wildman–Crippen LogP) is 3.48. The summed E-state index contributed by atoms with van der Waals surface area (Å²) >= 11 is 0. The number of carboxylic acids is 1. The zero-order valence-corrected chi connectivity index (χ0v) is 28.4. The van der Waals surface area contributed by atoms with Gasteiger partial charge in [0.2, 0.25) is 5.91 Å². The van der Waals surface area contributed by atoms with Crippen molar-refractivity contribution in [2.75, 3.05) is 20.1 Å². The molecule has 45 heavy (non-hydrogen) atoms. The van der Waals surface area contributed by atoms with E-state index in [9.17, 15) is 33.0 Å². The van der Waals surface area contributed by atoms with Crippen LogP contribution < -0.4 is 5.32 Å². The SMILES string of the molecule is CC(C)CN(C[C@@H](O)C(Cc1ccccc1)NC(=O)[C@H](C)C(C)(C)C(=O)OCc1ccccc1)S(=O)(=O)N(C)C(C)(C)C(=O)O. The van der Waals surface area contributed by atoms with Crippen molar-refractivity contribution < 1.29 is 37.8 Å². The summed E-state index contributed by atoms with van der Waals surface area (Å²) in [6.07, 6.45) is -1.21. The third-order valence-corrected chi connectivity index (χ3v) is 10.3. The lowest BCUT2D eigenvalue weighted by Gasteiger charge is -2.37. The lowest BCUT2D eigenvalue weighted by atomic mass is 9.79. The zero-order valence-electron chi connectivity index (χ0n) is 27.6. The largest absolute Gasteiger partial charge is 0.480 e. The van der Waals surface area contributed by atoms with Crippen molar-refractivity contribution in [3.05, 3.63) is 71.8 Å². The molecule has 3 N–H and O–H groups in total. The lowest BCUT2D eigenvalue weighted by Crippen LogP contribution is -2.58. The molecule has 0 aliphatic carbocycles. The highest BCUT2D eigenvalue weighted by atomic mass is 32.2. The van der Waals surface area contributed by atoms with Gasteiger partial charge in [0, 0.05) is 20.1 Å². The van der Waals surface area contributed by atoms with E-state index < -0.39 is 63.6 Å². The van der Waals surface area contributed by atoms with Crippen molar-refractivity contribution in [3.63, 3.8) is 0 Å². The Morgan fingerprint density at radius 1 is 0.889 bits per heavy atom. The normalized spacial score (nSPS) is 14.7. The van der Waals surface area contributed by atoms with Crippen LogP contribution in [0.25, 0.3) is 0 Å². The van der Waals surface area contributed by atoms with Crippen molar-refractivity contribution in [2.45, 2.75) is 79.2 Å². The molecule has 0 saturated heterocycles. The molecule has 0 fully saturated rings. The summed E-state index contributed by atoms with van der Waals surface area (Å²) in [6, 6.07) is 17.3. The van der Waals surface area contributed by atoms with E-state index in [1.54, 1.807) is 34.6 Å². The van der Waals surface area contributed by atoms with Crippen LogP contribution >= 0.6 is 0 Å². The maximum absolute atomic E-state index is 13.7. The number of ether oxygens (including phenoxy) is 1. The number of likely N-dealkylation sites (N-methyl/N-ethyl adjacent to an activating group) is 1. The molecule has 0 aromatic heterocycles. The van der Waals surface area contributed by atoms with E-state index in [1.807, 2.05) is 60.7 Å². The van der Waals surface area contributed by atoms with Crippen LogP contribution in [0.15, 0.2) is 60.7 Å². The molecule has 2 aromatic carbocycles. The molecule has 2 rings (SSSR count). The monoisotopic (exact) mass is 647 g/mol. The van der Waals surface area contributed by atoms with E-state index >= 15 is 0 Å².